The van der Waals surface area contributed by atoms with Crippen molar-refractivity contribution in [2.45, 2.75) is 19.4 Å². The molecule has 0 bridgehead atoms. The van der Waals surface area contributed by atoms with Crippen LogP contribution in [0.25, 0.3) is 0 Å². The molecule has 5 heteroatoms. The van der Waals surface area contributed by atoms with Gasteiger partial charge in [-0.1, -0.05) is 24.3 Å². The Hall–Kier alpha value is -2.17. The van der Waals surface area contributed by atoms with E-state index in [4.69, 9.17) is 5.11 Å². The van der Waals surface area contributed by atoms with Crippen LogP contribution in [0.1, 0.15) is 18.4 Å². The van der Waals surface area contributed by atoms with Crippen LogP contribution in [0.4, 0.5) is 4.39 Å². The zero-order valence-corrected chi connectivity index (χ0v) is 11.0. The molecule has 1 aromatic rings. The van der Waals surface area contributed by atoms with Crippen LogP contribution in [0, 0.1) is 11.7 Å². The molecule has 4 nitrogen and oxygen atoms in total. The van der Waals surface area contributed by atoms with Crippen molar-refractivity contribution in [1.82, 2.24) is 4.90 Å². The Labute approximate surface area is 116 Å². The molecular formula is C15H16FNO3. The van der Waals surface area contributed by atoms with Gasteiger partial charge in [-0.2, -0.15) is 0 Å². The summed E-state index contributed by atoms with van der Waals surface area (Å²) in [4.78, 5) is 24.5. The van der Waals surface area contributed by atoms with Crippen molar-refractivity contribution in [2.24, 2.45) is 5.92 Å². The number of carbonyl (C=O) groups is 2. The molecule has 1 aliphatic rings. The molecule has 1 aromatic carbocycles. The summed E-state index contributed by atoms with van der Waals surface area (Å²) in [6, 6.07) is 5.72. The molecule has 0 unspecified atom stereocenters. The second kappa shape index (κ2) is 6.32. The Morgan fingerprint density at radius 2 is 1.80 bits per heavy atom. The van der Waals surface area contributed by atoms with Gasteiger partial charge in [-0.25, -0.2) is 4.39 Å². The summed E-state index contributed by atoms with van der Waals surface area (Å²) in [6.07, 6.45) is 5.16. The lowest BCUT2D eigenvalue weighted by molar-refractivity contribution is -0.146. The molecule has 106 valence electrons. The third-order valence-corrected chi connectivity index (χ3v) is 3.28. The normalized spacial score (nSPS) is 14.4. The van der Waals surface area contributed by atoms with Gasteiger partial charge in [0.25, 0.3) is 0 Å². The molecule has 20 heavy (non-hydrogen) atoms. The quantitative estimate of drug-likeness (QED) is 0.839. The van der Waals surface area contributed by atoms with E-state index in [1.807, 2.05) is 12.2 Å². The number of carboxylic acids is 1. The van der Waals surface area contributed by atoms with E-state index >= 15 is 0 Å². The highest BCUT2D eigenvalue weighted by Gasteiger charge is 2.26. The Kier molecular flexibility index (Phi) is 4.50. The van der Waals surface area contributed by atoms with E-state index in [9.17, 15) is 14.0 Å². The van der Waals surface area contributed by atoms with Gasteiger partial charge in [0.15, 0.2) is 0 Å². The van der Waals surface area contributed by atoms with Gasteiger partial charge in [0.05, 0.1) is 0 Å². The SMILES string of the molecule is O=C(O)CN(Cc1ccc(F)cc1)C(=O)C1CC=CC1. The molecule has 0 fully saturated rings. The Morgan fingerprint density at radius 3 is 2.35 bits per heavy atom. The van der Waals surface area contributed by atoms with E-state index in [0.29, 0.717) is 18.4 Å². The second-order valence-electron chi connectivity index (χ2n) is 4.85. The minimum Gasteiger partial charge on any atom is -0.480 e. The van der Waals surface area contributed by atoms with Crippen molar-refractivity contribution in [1.29, 1.82) is 0 Å². The minimum atomic E-state index is -1.05. The highest BCUT2D eigenvalue weighted by molar-refractivity contribution is 5.83. The summed E-state index contributed by atoms with van der Waals surface area (Å²) in [5.74, 6) is -1.74. The van der Waals surface area contributed by atoms with E-state index in [1.165, 1.54) is 17.0 Å². The smallest absolute Gasteiger partial charge is 0.323 e. The molecular weight excluding hydrogens is 261 g/mol. The summed E-state index contributed by atoms with van der Waals surface area (Å²) >= 11 is 0. The molecule has 1 aliphatic carbocycles. The number of amides is 1. The maximum Gasteiger partial charge on any atom is 0.323 e. The van der Waals surface area contributed by atoms with Gasteiger partial charge in [-0.05, 0) is 30.5 Å². The summed E-state index contributed by atoms with van der Waals surface area (Å²) in [5, 5.41) is 8.93. The summed E-state index contributed by atoms with van der Waals surface area (Å²) in [7, 11) is 0. The average molecular weight is 277 g/mol. The van der Waals surface area contributed by atoms with Crippen LogP contribution in [0.5, 0.6) is 0 Å². The molecule has 0 aromatic heterocycles. The highest BCUT2D eigenvalue weighted by atomic mass is 19.1. The number of nitrogens with zero attached hydrogens (tertiary/aromatic N) is 1. The van der Waals surface area contributed by atoms with Gasteiger partial charge in [-0.15, -0.1) is 0 Å². The average Bonchev–Trinajstić information content (AvgIpc) is 2.93. The lowest BCUT2D eigenvalue weighted by Crippen LogP contribution is -2.38. The fourth-order valence-corrected chi connectivity index (χ4v) is 2.26. The summed E-state index contributed by atoms with van der Waals surface area (Å²) < 4.78 is 12.9. The maximum absolute atomic E-state index is 12.9. The van der Waals surface area contributed by atoms with Crippen molar-refractivity contribution in [2.75, 3.05) is 6.54 Å². The van der Waals surface area contributed by atoms with Crippen LogP contribution < -0.4 is 0 Å². The standard InChI is InChI=1S/C15H16FNO3/c16-13-7-5-11(6-8-13)9-17(10-14(18)19)15(20)12-3-1-2-4-12/h1-2,5-8,12H,3-4,9-10H2,(H,18,19). The van der Waals surface area contributed by atoms with Gasteiger partial charge >= 0.3 is 5.97 Å². The van der Waals surface area contributed by atoms with Crippen molar-refractivity contribution in [3.05, 3.63) is 47.8 Å². The number of hydrogen-bond acceptors (Lipinski definition) is 2. The third-order valence-electron chi connectivity index (χ3n) is 3.28. The lowest BCUT2D eigenvalue weighted by atomic mass is 10.1. The monoisotopic (exact) mass is 277 g/mol. The van der Waals surface area contributed by atoms with Gasteiger partial charge in [0.1, 0.15) is 12.4 Å². The predicted octanol–water partition coefficient (Wildman–Crippen LogP) is 2.21. The van der Waals surface area contributed by atoms with E-state index in [0.717, 1.165) is 0 Å². The van der Waals surface area contributed by atoms with Crippen LogP contribution in [-0.4, -0.2) is 28.4 Å². The van der Waals surface area contributed by atoms with E-state index < -0.39 is 5.97 Å². The van der Waals surface area contributed by atoms with E-state index in [-0.39, 0.29) is 30.7 Å². The minimum absolute atomic E-state index is 0.165. The van der Waals surface area contributed by atoms with Crippen molar-refractivity contribution < 1.29 is 19.1 Å². The molecule has 0 atom stereocenters. The highest BCUT2D eigenvalue weighted by Crippen LogP contribution is 2.21. The molecule has 0 heterocycles. The Morgan fingerprint density at radius 1 is 1.20 bits per heavy atom. The van der Waals surface area contributed by atoms with Crippen molar-refractivity contribution >= 4 is 11.9 Å². The maximum atomic E-state index is 12.9. The van der Waals surface area contributed by atoms with Crippen molar-refractivity contribution in [3.63, 3.8) is 0 Å². The number of carboxylic acid groups (broad SMARTS) is 1. The molecule has 0 spiro atoms. The van der Waals surface area contributed by atoms with E-state index in [1.54, 1.807) is 12.1 Å². The van der Waals surface area contributed by atoms with Crippen LogP contribution >= 0.6 is 0 Å². The van der Waals surface area contributed by atoms with E-state index in [2.05, 4.69) is 0 Å². The summed E-state index contributed by atoms with van der Waals surface area (Å²) in [6.45, 7) is -0.158. The zero-order valence-electron chi connectivity index (χ0n) is 11.0. The van der Waals surface area contributed by atoms with Gasteiger partial charge in [0, 0.05) is 12.5 Å². The fraction of sp³-hybridized carbons (Fsp3) is 0.333. The zero-order chi connectivity index (χ0) is 14.5. The number of rotatable bonds is 5. The van der Waals surface area contributed by atoms with Crippen LogP contribution in [0.3, 0.4) is 0 Å². The first-order chi connectivity index (χ1) is 9.56. The molecule has 2 rings (SSSR count). The fourth-order valence-electron chi connectivity index (χ4n) is 2.26. The summed E-state index contributed by atoms with van der Waals surface area (Å²) in [5.41, 5.74) is 0.715. The van der Waals surface area contributed by atoms with Gasteiger partial charge in [-0.3, -0.25) is 9.59 Å². The second-order valence-corrected chi connectivity index (χ2v) is 4.85. The predicted molar refractivity (Wildman–Crippen MR) is 71.3 cm³/mol. The molecule has 1 amide bonds. The lowest BCUT2D eigenvalue weighted by Gasteiger charge is -2.24. The van der Waals surface area contributed by atoms with Crippen LogP contribution in [0.2, 0.25) is 0 Å². The van der Waals surface area contributed by atoms with Crippen molar-refractivity contribution in [3.8, 4) is 0 Å². The third kappa shape index (κ3) is 3.66. The van der Waals surface area contributed by atoms with Crippen LogP contribution in [-0.2, 0) is 16.1 Å². The molecule has 1 N–H and O–H groups in total. The molecule has 0 aliphatic heterocycles. The number of carbonyl (C=O) groups excluding carboxylic acids is 1. The number of benzene rings is 1. The first-order valence-corrected chi connectivity index (χ1v) is 6.46. The van der Waals surface area contributed by atoms with Gasteiger partial charge in [0.2, 0.25) is 5.91 Å². The topological polar surface area (TPSA) is 57.6 Å². The molecule has 0 saturated carbocycles. The Bertz CT molecular complexity index is 516. The number of allylic oxidation sites excluding steroid dienone is 2. The Balaban J connectivity index is 2.08. The molecule has 0 radical (unpaired) electrons. The van der Waals surface area contributed by atoms with Gasteiger partial charge < -0.3 is 10.0 Å². The van der Waals surface area contributed by atoms with Crippen LogP contribution in [0.15, 0.2) is 36.4 Å². The number of hydrogen-bond donors (Lipinski definition) is 1. The number of halogens is 1. The number of aliphatic carboxylic acids is 1. The molecule has 0 saturated heterocycles. The largest absolute Gasteiger partial charge is 0.480 e. The first kappa shape index (κ1) is 14.2. The first-order valence-electron chi connectivity index (χ1n) is 6.46.